The lowest BCUT2D eigenvalue weighted by Gasteiger charge is -2.10. The van der Waals surface area contributed by atoms with Crippen molar-refractivity contribution < 1.29 is 9.18 Å². The smallest absolute Gasteiger partial charge is 0.227 e. The van der Waals surface area contributed by atoms with Crippen LogP contribution in [0.25, 0.3) is 0 Å². The van der Waals surface area contributed by atoms with Gasteiger partial charge in [-0.2, -0.15) is 0 Å². The second-order valence-electron chi connectivity index (χ2n) is 3.35. The van der Waals surface area contributed by atoms with Crippen LogP contribution in [0, 0.1) is 11.7 Å². The van der Waals surface area contributed by atoms with Gasteiger partial charge in [-0.3, -0.25) is 4.79 Å². The van der Waals surface area contributed by atoms with Crippen LogP contribution in [0.5, 0.6) is 0 Å². The molecule has 3 nitrogen and oxygen atoms in total. The number of nitrogens with one attached hydrogen (secondary N) is 1. The van der Waals surface area contributed by atoms with Crippen molar-refractivity contribution in [2.24, 2.45) is 5.92 Å². The van der Waals surface area contributed by atoms with Crippen molar-refractivity contribution >= 4 is 17.3 Å². The van der Waals surface area contributed by atoms with E-state index in [1.807, 2.05) is 0 Å². The number of rotatable bonds is 2. The Hall–Kier alpha value is -1.58. The zero-order chi connectivity index (χ0) is 10.7. The SMILES string of the molecule is CC(C)C(=O)Nc1c(N)cccc1F. The van der Waals surface area contributed by atoms with Crippen LogP contribution in [-0.4, -0.2) is 5.91 Å². The summed E-state index contributed by atoms with van der Waals surface area (Å²) in [4.78, 5) is 11.3. The van der Waals surface area contributed by atoms with Gasteiger partial charge in [0.2, 0.25) is 5.91 Å². The first-order valence-corrected chi connectivity index (χ1v) is 4.37. The number of amides is 1. The summed E-state index contributed by atoms with van der Waals surface area (Å²) in [5, 5.41) is 2.44. The number of halogens is 1. The highest BCUT2D eigenvalue weighted by Crippen LogP contribution is 2.22. The Kier molecular flexibility index (Phi) is 3.06. The van der Waals surface area contributed by atoms with Gasteiger partial charge in [0.05, 0.1) is 5.69 Å². The molecule has 0 radical (unpaired) electrons. The van der Waals surface area contributed by atoms with E-state index < -0.39 is 5.82 Å². The van der Waals surface area contributed by atoms with E-state index in [1.54, 1.807) is 19.9 Å². The third-order valence-electron chi connectivity index (χ3n) is 1.82. The van der Waals surface area contributed by atoms with E-state index in [0.717, 1.165) is 0 Å². The number of carbonyl (C=O) groups excluding carboxylic acids is 1. The van der Waals surface area contributed by atoms with Gasteiger partial charge in [0.15, 0.2) is 0 Å². The molecule has 4 heteroatoms. The normalized spacial score (nSPS) is 10.3. The molecule has 0 aliphatic rings. The van der Waals surface area contributed by atoms with Crippen LogP contribution in [0.1, 0.15) is 13.8 Å². The molecule has 0 aliphatic carbocycles. The van der Waals surface area contributed by atoms with Gasteiger partial charge in [-0.05, 0) is 12.1 Å². The summed E-state index contributed by atoms with van der Waals surface area (Å²) in [5.74, 6) is -0.963. The Balaban J connectivity index is 2.91. The van der Waals surface area contributed by atoms with E-state index in [2.05, 4.69) is 5.32 Å². The van der Waals surface area contributed by atoms with Crippen LogP contribution in [-0.2, 0) is 4.79 Å². The fraction of sp³-hybridized carbons (Fsp3) is 0.300. The third kappa shape index (κ3) is 2.22. The second-order valence-corrected chi connectivity index (χ2v) is 3.35. The molecule has 0 aliphatic heterocycles. The Morgan fingerprint density at radius 1 is 1.50 bits per heavy atom. The molecule has 0 spiro atoms. The minimum Gasteiger partial charge on any atom is -0.397 e. The van der Waals surface area contributed by atoms with Crippen molar-refractivity contribution in [3.05, 3.63) is 24.0 Å². The molecule has 0 atom stereocenters. The van der Waals surface area contributed by atoms with Gasteiger partial charge < -0.3 is 11.1 Å². The van der Waals surface area contributed by atoms with E-state index in [1.165, 1.54) is 12.1 Å². The van der Waals surface area contributed by atoms with E-state index in [-0.39, 0.29) is 23.2 Å². The van der Waals surface area contributed by atoms with Gasteiger partial charge >= 0.3 is 0 Å². The molecular weight excluding hydrogens is 183 g/mol. The first-order valence-electron chi connectivity index (χ1n) is 4.37. The molecule has 1 aromatic rings. The number of benzene rings is 1. The maximum atomic E-state index is 13.2. The predicted octanol–water partition coefficient (Wildman–Crippen LogP) is 2.00. The average Bonchev–Trinajstić information content (AvgIpc) is 2.11. The zero-order valence-electron chi connectivity index (χ0n) is 8.17. The van der Waals surface area contributed by atoms with Gasteiger partial charge in [0.25, 0.3) is 0 Å². The van der Waals surface area contributed by atoms with Crippen molar-refractivity contribution in [2.45, 2.75) is 13.8 Å². The molecule has 0 saturated heterocycles. The topological polar surface area (TPSA) is 55.1 Å². The fourth-order valence-electron chi connectivity index (χ4n) is 0.940. The lowest BCUT2D eigenvalue weighted by molar-refractivity contribution is -0.118. The number of hydrogen-bond donors (Lipinski definition) is 2. The van der Waals surface area contributed by atoms with Gasteiger partial charge in [0.1, 0.15) is 11.5 Å². The Morgan fingerprint density at radius 2 is 2.14 bits per heavy atom. The lowest BCUT2D eigenvalue weighted by Crippen LogP contribution is -2.19. The van der Waals surface area contributed by atoms with Crippen molar-refractivity contribution in [2.75, 3.05) is 11.1 Å². The van der Waals surface area contributed by atoms with Gasteiger partial charge in [-0.25, -0.2) is 4.39 Å². The molecule has 1 rings (SSSR count). The molecule has 0 fully saturated rings. The number of carbonyl (C=O) groups is 1. The molecule has 0 saturated carbocycles. The Morgan fingerprint density at radius 3 is 2.64 bits per heavy atom. The van der Waals surface area contributed by atoms with E-state index in [0.29, 0.717) is 0 Å². The van der Waals surface area contributed by atoms with Crippen LogP contribution < -0.4 is 11.1 Å². The molecule has 76 valence electrons. The predicted molar refractivity (Wildman–Crippen MR) is 54.3 cm³/mol. The molecule has 0 heterocycles. The van der Waals surface area contributed by atoms with Crippen molar-refractivity contribution in [3.8, 4) is 0 Å². The van der Waals surface area contributed by atoms with Crippen LogP contribution >= 0.6 is 0 Å². The van der Waals surface area contributed by atoms with Crippen LogP contribution in [0.2, 0.25) is 0 Å². The average molecular weight is 196 g/mol. The molecular formula is C10H13FN2O. The third-order valence-corrected chi connectivity index (χ3v) is 1.82. The highest BCUT2D eigenvalue weighted by Gasteiger charge is 2.12. The second kappa shape index (κ2) is 4.09. The van der Waals surface area contributed by atoms with E-state index in [4.69, 9.17) is 5.73 Å². The molecule has 3 N–H and O–H groups in total. The summed E-state index contributed by atoms with van der Waals surface area (Å²) in [6.07, 6.45) is 0. The lowest BCUT2D eigenvalue weighted by atomic mass is 10.2. The molecule has 14 heavy (non-hydrogen) atoms. The summed E-state index contributed by atoms with van der Waals surface area (Å²) < 4.78 is 13.2. The van der Waals surface area contributed by atoms with Gasteiger partial charge in [-0.15, -0.1) is 0 Å². The van der Waals surface area contributed by atoms with Crippen LogP contribution in [0.3, 0.4) is 0 Å². The zero-order valence-corrected chi connectivity index (χ0v) is 8.17. The highest BCUT2D eigenvalue weighted by molar-refractivity contribution is 5.95. The van der Waals surface area contributed by atoms with E-state index >= 15 is 0 Å². The monoisotopic (exact) mass is 196 g/mol. The van der Waals surface area contributed by atoms with E-state index in [9.17, 15) is 9.18 Å². The minimum absolute atomic E-state index is 0.0613. The van der Waals surface area contributed by atoms with Crippen molar-refractivity contribution in [3.63, 3.8) is 0 Å². The summed E-state index contributed by atoms with van der Waals surface area (Å²) in [7, 11) is 0. The molecule has 0 unspecified atom stereocenters. The summed E-state index contributed by atoms with van der Waals surface area (Å²) in [5.41, 5.74) is 5.81. The molecule has 1 aromatic carbocycles. The summed E-state index contributed by atoms with van der Waals surface area (Å²) >= 11 is 0. The molecule has 0 aromatic heterocycles. The number of para-hydroxylation sites is 1. The van der Waals surface area contributed by atoms with Crippen molar-refractivity contribution in [1.82, 2.24) is 0 Å². The quantitative estimate of drug-likeness (QED) is 0.711. The minimum atomic E-state index is -0.515. The first kappa shape index (κ1) is 10.5. The van der Waals surface area contributed by atoms with Gasteiger partial charge in [0, 0.05) is 5.92 Å². The summed E-state index contributed by atoms with van der Waals surface area (Å²) in [6.45, 7) is 3.46. The summed E-state index contributed by atoms with van der Waals surface area (Å²) in [6, 6.07) is 4.29. The number of anilines is 2. The molecule has 1 amide bonds. The Bertz CT molecular complexity index is 330. The standard InChI is InChI=1S/C10H13FN2O/c1-6(2)10(14)13-9-7(11)4-3-5-8(9)12/h3-6H,12H2,1-2H3,(H,13,14). The van der Waals surface area contributed by atoms with Crippen LogP contribution in [0.4, 0.5) is 15.8 Å². The Labute approximate surface area is 82.1 Å². The number of hydrogen-bond acceptors (Lipinski definition) is 2. The molecule has 0 bridgehead atoms. The first-order chi connectivity index (χ1) is 6.52. The maximum absolute atomic E-state index is 13.2. The highest BCUT2D eigenvalue weighted by atomic mass is 19.1. The van der Waals surface area contributed by atoms with Gasteiger partial charge in [-0.1, -0.05) is 19.9 Å². The van der Waals surface area contributed by atoms with Crippen molar-refractivity contribution in [1.29, 1.82) is 0 Å². The fourth-order valence-corrected chi connectivity index (χ4v) is 0.940. The number of nitrogen functional groups attached to an aromatic ring is 1. The van der Waals surface area contributed by atoms with Crippen LogP contribution in [0.15, 0.2) is 18.2 Å². The largest absolute Gasteiger partial charge is 0.397 e. The number of nitrogens with two attached hydrogens (primary N) is 1. The maximum Gasteiger partial charge on any atom is 0.227 e.